The number of aldehydes is 1. The molecule has 0 heterocycles. The molecule has 4 aliphatic carbocycles. The zero-order chi connectivity index (χ0) is 19.4. The number of aliphatic hydroxyl groups excluding tert-OH is 2. The van der Waals surface area contributed by atoms with Gasteiger partial charge in [0.1, 0.15) is 6.29 Å². The molecule has 0 aromatic heterocycles. The Kier molecular flexibility index (Phi) is 5.25. The molecular formula is C24H40O3. The molecule has 0 aromatic carbocycles. The zero-order valence-electron chi connectivity index (χ0n) is 17.6. The van der Waals surface area contributed by atoms with Crippen LogP contribution in [0.4, 0.5) is 0 Å². The Morgan fingerprint density at radius 2 is 1.81 bits per heavy atom. The van der Waals surface area contributed by atoms with Gasteiger partial charge in [-0.2, -0.15) is 0 Å². The van der Waals surface area contributed by atoms with E-state index < -0.39 is 0 Å². The lowest BCUT2D eigenvalue weighted by molar-refractivity contribution is -0.174. The Labute approximate surface area is 165 Å². The summed E-state index contributed by atoms with van der Waals surface area (Å²) in [7, 11) is 0. The number of carbonyl (C=O) groups excluding carboxylic acids is 1. The SMILES string of the molecule is C[C@H](CCC=O)C1CCC2C3CC[C@@H]4C[C@H](O)CC[C@]4(C)C3C[C@H](O)[C@@]21C. The fourth-order valence-electron chi connectivity index (χ4n) is 8.69. The predicted molar refractivity (Wildman–Crippen MR) is 107 cm³/mol. The molecular weight excluding hydrogens is 336 g/mol. The average Bonchev–Trinajstić information content (AvgIpc) is 3.00. The van der Waals surface area contributed by atoms with Crippen LogP contribution in [-0.4, -0.2) is 28.7 Å². The van der Waals surface area contributed by atoms with Gasteiger partial charge in [0.25, 0.3) is 0 Å². The van der Waals surface area contributed by atoms with Gasteiger partial charge in [-0.1, -0.05) is 20.8 Å². The van der Waals surface area contributed by atoms with Gasteiger partial charge in [-0.05, 0) is 104 Å². The molecule has 3 heteroatoms. The van der Waals surface area contributed by atoms with Crippen molar-refractivity contribution in [3.63, 3.8) is 0 Å². The number of carbonyl (C=O) groups is 1. The lowest BCUT2D eigenvalue weighted by Crippen LogP contribution is -2.58. The molecule has 0 aliphatic heterocycles. The molecule has 4 aliphatic rings. The van der Waals surface area contributed by atoms with Crippen LogP contribution in [0.3, 0.4) is 0 Å². The lowest BCUT2D eigenvalue weighted by atomic mass is 9.43. The summed E-state index contributed by atoms with van der Waals surface area (Å²) in [6, 6.07) is 0. The van der Waals surface area contributed by atoms with Crippen molar-refractivity contribution in [1.82, 2.24) is 0 Å². The first-order chi connectivity index (χ1) is 12.8. The topological polar surface area (TPSA) is 57.5 Å². The van der Waals surface area contributed by atoms with Crippen molar-refractivity contribution in [2.75, 3.05) is 0 Å². The molecule has 0 aromatic rings. The molecule has 4 fully saturated rings. The summed E-state index contributed by atoms with van der Waals surface area (Å²) in [5.41, 5.74) is 0.340. The number of fused-ring (bicyclic) bond motifs is 5. The van der Waals surface area contributed by atoms with Gasteiger partial charge in [-0.3, -0.25) is 0 Å². The molecule has 27 heavy (non-hydrogen) atoms. The summed E-state index contributed by atoms with van der Waals surface area (Å²) in [6.07, 6.45) is 11.4. The van der Waals surface area contributed by atoms with E-state index >= 15 is 0 Å². The monoisotopic (exact) mass is 376 g/mol. The largest absolute Gasteiger partial charge is 0.393 e. The number of hydrogen-bond donors (Lipinski definition) is 2. The van der Waals surface area contributed by atoms with Crippen molar-refractivity contribution in [3.05, 3.63) is 0 Å². The number of hydrogen-bond acceptors (Lipinski definition) is 3. The van der Waals surface area contributed by atoms with Gasteiger partial charge < -0.3 is 15.0 Å². The molecule has 0 saturated heterocycles. The Morgan fingerprint density at radius 3 is 2.56 bits per heavy atom. The van der Waals surface area contributed by atoms with Crippen LogP contribution in [0.1, 0.15) is 85.0 Å². The van der Waals surface area contributed by atoms with E-state index in [2.05, 4.69) is 20.8 Å². The maximum absolute atomic E-state index is 11.5. The number of rotatable bonds is 4. The van der Waals surface area contributed by atoms with E-state index in [0.717, 1.165) is 44.3 Å². The minimum absolute atomic E-state index is 0.0286. The molecule has 4 saturated carbocycles. The van der Waals surface area contributed by atoms with Crippen molar-refractivity contribution >= 4 is 6.29 Å². The Hall–Kier alpha value is -0.410. The van der Waals surface area contributed by atoms with E-state index in [1.807, 2.05) is 0 Å². The Balaban J connectivity index is 1.58. The molecule has 0 radical (unpaired) electrons. The van der Waals surface area contributed by atoms with Crippen LogP contribution < -0.4 is 0 Å². The second kappa shape index (κ2) is 7.13. The van der Waals surface area contributed by atoms with Crippen LogP contribution in [0.2, 0.25) is 0 Å². The highest BCUT2D eigenvalue weighted by Gasteiger charge is 2.63. The third-order valence-corrected chi connectivity index (χ3v) is 10.2. The van der Waals surface area contributed by atoms with Gasteiger partial charge in [0, 0.05) is 6.42 Å². The van der Waals surface area contributed by atoms with Crippen LogP contribution in [-0.2, 0) is 4.79 Å². The van der Waals surface area contributed by atoms with Crippen LogP contribution in [0.15, 0.2) is 0 Å². The quantitative estimate of drug-likeness (QED) is 0.706. The van der Waals surface area contributed by atoms with Gasteiger partial charge in [0.05, 0.1) is 12.2 Å². The fourth-order valence-corrected chi connectivity index (χ4v) is 8.69. The summed E-state index contributed by atoms with van der Waals surface area (Å²) in [6.45, 7) is 7.17. The van der Waals surface area contributed by atoms with Gasteiger partial charge in [-0.15, -0.1) is 0 Å². The second-order valence-electron chi connectivity index (χ2n) is 11.1. The molecule has 4 rings (SSSR count). The van der Waals surface area contributed by atoms with Gasteiger partial charge in [-0.25, -0.2) is 0 Å². The maximum atomic E-state index is 11.5. The highest BCUT2D eigenvalue weighted by atomic mass is 16.3. The first-order valence-electron chi connectivity index (χ1n) is 11.6. The van der Waals surface area contributed by atoms with E-state index in [1.54, 1.807) is 0 Å². The average molecular weight is 377 g/mol. The third-order valence-electron chi connectivity index (χ3n) is 10.2. The third kappa shape index (κ3) is 2.94. The minimum atomic E-state index is -0.211. The van der Waals surface area contributed by atoms with Crippen molar-refractivity contribution in [2.24, 2.45) is 46.3 Å². The molecule has 2 N–H and O–H groups in total. The smallest absolute Gasteiger partial charge is 0.120 e. The molecule has 10 atom stereocenters. The summed E-state index contributed by atoms with van der Waals surface area (Å²) in [4.78, 5) is 10.9. The standard InChI is InChI=1S/C24H40O3/c1-15(5-4-12-25)19-8-9-20-18-7-6-16-13-17(26)10-11-23(16,2)21(18)14-22(27)24(19,20)3/h12,15-22,26-27H,4-11,13-14H2,1-3H3/t15-,16-,17-,18?,19?,20?,21?,22+,23+,24-/m1/s1. The molecule has 0 amide bonds. The number of aliphatic hydroxyl groups is 2. The zero-order valence-corrected chi connectivity index (χ0v) is 17.6. The van der Waals surface area contributed by atoms with Crippen molar-refractivity contribution in [1.29, 1.82) is 0 Å². The van der Waals surface area contributed by atoms with Gasteiger partial charge >= 0.3 is 0 Å². The van der Waals surface area contributed by atoms with Crippen molar-refractivity contribution in [3.8, 4) is 0 Å². The van der Waals surface area contributed by atoms with E-state index in [-0.39, 0.29) is 17.6 Å². The van der Waals surface area contributed by atoms with Gasteiger partial charge in [0.2, 0.25) is 0 Å². The first-order valence-corrected chi connectivity index (χ1v) is 11.6. The lowest BCUT2D eigenvalue weighted by Gasteiger charge is -2.62. The minimum Gasteiger partial charge on any atom is -0.393 e. The molecule has 3 nitrogen and oxygen atoms in total. The van der Waals surface area contributed by atoms with E-state index in [9.17, 15) is 15.0 Å². The highest BCUT2D eigenvalue weighted by molar-refractivity contribution is 5.49. The summed E-state index contributed by atoms with van der Waals surface area (Å²) in [5.74, 6) is 3.73. The molecule has 4 unspecified atom stereocenters. The highest BCUT2D eigenvalue weighted by Crippen LogP contribution is 2.68. The van der Waals surface area contributed by atoms with Crippen LogP contribution >= 0.6 is 0 Å². The van der Waals surface area contributed by atoms with Gasteiger partial charge in [0.15, 0.2) is 0 Å². The van der Waals surface area contributed by atoms with Crippen molar-refractivity contribution in [2.45, 2.75) is 97.2 Å². The summed E-state index contributed by atoms with van der Waals surface area (Å²) < 4.78 is 0. The maximum Gasteiger partial charge on any atom is 0.120 e. The Morgan fingerprint density at radius 1 is 1.04 bits per heavy atom. The fraction of sp³-hybridized carbons (Fsp3) is 0.958. The van der Waals surface area contributed by atoms with Crippen LogP contribution in [0.25, 0.3) is 0 Å². The van der Waals surface area contributed by atoms with E-state index in [4.69, 9.17) is 0 Å². The summed E-state index contributed by atoms with van der Waals surface area (Å²) >= 11 is 0. The Bertz CT molecular complexity index is 562. The predicted octanol–water partition coefficient (Wildman–Crippen LogP) is 4.59. The first kappa shape index (κ1) is 19.9. The molecule has 154 valence electrons. The van der Waals surface area contributed by atoms with Crippen LogP contribution in [0.5, 0.6) is 0 Å². The van der Waals surface area contributed by atoms with E-state index in [1.165, 1.54) is 25.7 Å². The van der Waals surface area contributed by atoms with Crippen molar-refractivity contribution < 1.29 is 15.0 Å². The molecule has 0 spiro atoms. The van der Waals surface area contributed by atoms with E-state index in [0.29, 0.717) is 41.4 Å². The normalized spacial score (nSPS) is 53.1. The summed E-state index contributed by atoms with van der Waals surface area (Å²) in [5, 5.41) is 21.7. The second-order valence-corrected chi connectivity index (χ2v) is 11.1. The van der Waals surface area contributed by atoms with Crippen LogP contribution in [0, 0.1) is 46.3 Å². The molecule has 0 bridgehead atoms.